The molecule has 9 unspecified atom stereocenters. The fourth-order valence-electron chi connectivity index (χ4n) is 7.48. The molecule has 0 aromatic heterocycles. The molecule has 4 aliphatic rings. The third-order valence-corrected chi connectivity index (χ3v) is 11.4. The van der Waals surface area contributed by atoms with Crippen LogP contribution in [-0.4, -0.2) is 162 Å². The number of nitrogens with two attached hydrogens (primary N) is 2. The van der Waals surface area contributed by atoms with E-state index in [-0.39, 0.29) is 81.8 Å². The van der Waals surface area contributed by atoms with Crippen LogP contribution in [-0.2, 0) is 47.9 Å². The Bertz CT molecular complexity index is 2360. The van der Waals surface area contributed by atoms with Crippen molar-refractivity contribution >= 4 is 70.6 Å². The van der Waals surface area contributed by atoms with Crippen molar-refractivity contribution in [2.45, 2.75) is 127 Å². The minimum atomic E-state index is -2.54. The highest BCUT2D eigenvalue weighted by atomic mass is 16.5. The molecular formula is C42H60N12O16. The molecule has 17 N–H and O–H groups in total. The molecule has 28 heteroatoms. The number of primary amides is 1. The lowest BCUT2D eigenvalue weighted by molar-refractivity contribution is -0.173. The number of rotatable bonds is 23. The number of aliphatic hydroxyl groups excluding tert-OH is 2. The van der Waals surface area contributed by atoms with E-state index in [9.17, 15) is 78.4 Å². The number of phenolic OH excluding ortho intramolecular Hbond substituents is 1. The molecule has 0 bridgehead atoms. The van der Waals surface area contributed by atoms with E-state index in [0.29, 0.717) is 17.0 Å². The number of aliphatic hydroxyl groups is 2. The van der Waals surface area contributed by atoms with E-state index in [1.807, 2.05) is 0 Å². The van der Waals surface area contributed by atoms with E-state index in [1.54, 1.807) is 0 Å². The average Bonchev–Trinajstić information content (AvgIpc) is 3.30. The lowest BCUT2D eigenvalue weighted by atomic mass is 10.0. The molecule has 0 spiro atoms. The Morgan fingerprint density at radius 2 is 1.47 bits per heavy atom. The molecule has 1 aliphatic carbocycles. The third-order valence-electron chi connectivity index (χ3n) is 11.4. The molecular weight excluding hydrogens is 929 g/mol. The zero-order valence-electron chi connectivity index (χ0n) is 38.5. The van der Waals surface area contributed by atoms with Gasteiger partial charge in [-0.2, -0.15) is 0 Å². The number of aromatic nitrogens is 1. The van der Waals surface area contributed by atoms with Crippen molar-refractivity contribution in [1.29, 1.82) is 0 Å². The molecule has 1 fully saturated rings. The molecule has 9 atom stereocenters. The number of hydrogen-bond acceptors (Lipinski definition) is 17. The van der Waals surface area contributed by atoms with Gasteiger partial charge in [-0.3, -0.25) is 53.2 Å². The summed E-state index contributed by atoms with van der Waals surface area (Å²) in [6, 6.07) is -6.28. The highest BCUT2D eigenvalue weighted by Gasteiger charge is 2.38. The molecule has 384 valence electrons. The molecule has 1 saturated heterocycles. The van der Waals surface area contributed by atoms with Crippen LogP contribution in [0.15, 0.2) is 23.0 Å². The summed E-state index contributed by atoms with van der Waals surface area (Å²) in [4.78, 5) is 139. The van der Waals surface area contributed by atoms with Crippen LogP contribution in [0.5, 0.6) is 5.75 Å². The number of hydroxylamine groups is 2. The van der Waals surface area contributed by atoms with Gasteiger partial charge >= 0.3 is 5.97 Å². The van der Waals surface area contributed by atoms with Crippen LogP contribution >= 0.6 is 0 Å². The fraction of sp³-hybridized carbons (Fsp3) is 0.548. The van der Waals surface area contributed by atoms with Gasteiger partial charge in [0.2, 0.25) is 52.7 Å². The smallest absolute Gasteiger partial charge is 0.335 e. The molecule has 9 amide bonds. The normalized spacial score (nSPS) is 18.4. The zero-order chi connectivity index (χ0) is 52.1. The SMILES string of the molecule is CC(NC(=O)C(NC(=O)C(C)NC(=O)C(NC(=O)C(N)CCCCNC(=O)C1CCNc2c(NC(=O)CCC(N)=O)cc3cc(O)c(=O)cc-3n21)C(O)C(=O)O)C(C)O)C(=O)NC1CCCN(O)C1=O. The quantitative estimate of drug-likeness (QED) is 0.0367. The first kappa shape index (κ1) is 55.2. The molecule has 3 heterocycles. The first-order valence-electron chi connectivity index (χ1n) is 22.3. The van der Waals surface area contributed by atoms with E-state index < -0.39 is 125 Å². The number of aliphatic carboxylic acids is 1. The summed E-state index contributed by atoms with van der Waals surface area (Å²) >= 11 is 0. The first-order valence-corrected chi connectivity index (χ1v) is 22.3. The van der Waals surface area contributed by atoms with Gasteiger partial charge in [0.1, 0.15) is 42.1 Å². The van der Waals surface area contributed by atoms with Gasteiger partial charge in [0.05, 0.1) is 23.5 Å². The number of hydrogen-bond donors (Lipinski definition) is 15. The van der Waals surface area contributed by atoms with Crippen molar-refractivity contribution in [1.82, 2.24) is 41.5 Å². The zero-order valence-corrected chi connectivity index (χ0v) is 38.5. The number of carboxylic acids is 1. The van der Waals surface area contributed by atoms with Crippen molar-refractivity contribution in [3.63, 3.8) is 0 Å². The molecule has 3 aliphatic heterocycles. The predicted octanol–water partition coefficient (Wildman–Crippen LogP) is -4.87. The maximum Gasteiger partial charge on any atom is 0.335 e. The molecule has 0 aromatic carbocycles. The predicted molar refractivity (Wildman–Crippen MR) is 242 cm³/mol. The van der Waals surface area contributed by atoms with Crippen LogP contribution in [0.4, 0.5) is 11.5 Å². The number of fused-ring (bicyclic) bond motifs is 3. The second-order valence-electron chi connectivity index (χ2n) is 16.9. The average molecular weight is 989 g/mol. The van der Waals surface area contributed by atoms with E-state index in [4.69, 9.17) is 11.5 Å². The van der Waals surface area contributed by atoms with Crippen molar-refractivity contribution in [2.24, 2.45) is 11.5 Å². The number of amides is 9. The van der Waals surface area contributed by atoms with Crippen LogP contribution < -0.4 is 59.4 Å². The number of benzene rings is 1. The Labute approximate surface area is 398 Å². The molecule has 0 saturated carbocycles. The molecule has 4 rings (SSSR count). The summed E-state index contributed by atoms with van der Waals surface area (Å²) < 4.78 is 1.51. The monoisotopic (exact) mass is 988 g/mol. The third kappa shape index (κ3) is 14.5. The van der Waals surface area contributed by atoms with Crippen molar-refractivity contribution in [3.8, 4) is 17.0 Å². The highest BCUT2D eigenvalue weighted by molar-refractivity contribution is 5.99. The Balaban J connectivity index is 1.31. The van der Waals surface area contributed by atoms with Crippen LogP contribution in [0.2, 0.25) is 0 Å². The lowest BCUT2D eigenvalue weighted by Gasteiger charge is -2.34. The van der Waals surface area contributed by atoms with Gasteiger partial charge in [-0.05, 0) is 71.4 Å². The topological polar surface area (TPSA) is 445 Å². The van der Waals surface area contributed by atoms with Gasteiger partial charge < -0.3 is 79.0 Å². The lowest BCUT2D eigenvalue weighted by Crippen LogP contribution is -2.62. The van der Waals surface area contributed by atoms with Gasteiger partial charge in [-0.15, -0.1) is 0 Å². The number of unbranched alkanes of at least 4 members (excludes halogenated alkanes) is 1. The number of anilines is 2. The van der Waals surface area contributed by atoms with Gasteiger partial charge in [-0.25, -0.2) is 9.86 Å². The summed E-state index contributed by atoms with van der Waals surface area (Å²) in [5, 5.41) is 70.1. The summed E-state index contributed by atoms with van der Waals surface area (Å²) in [6.07, 6.45) is -3.30. The van der Waals surface area contributed by atoms with Gasteiger partial charge in [0.15, 0.2) is 11.9 Å². The number of aromatic hydroxyl groups is 1. The summed E-state index contributed by atoms with van der Waals surface area (Å²) in [5.41, 5.74) is 11.3. The Morgan fingerprint density at radius 3 is 2.11 bits per heavy atom. The van der Waals surface area contributed by atoms with Crippen LogP contribution in [0.1, 0.15) is 78.2 Å². The summed E-state index contributed by atoms with van der Waals surface area (Å²) in [6.45, 7) is 3.91. The van der Waals surface area contributed by atoms with E-state index >= 15 is 0 Å². The maximum absolute atomic E-state index is 13.6. The van der Waals surface area contributed by atoms with Gasteiger partial charge in [0, 0.05) is 44.1 Å². The minimum absolute atomic E-state index is 0.0592. The van der Waals surface area contributed by atoms with Crippen LogP contribution in [0.3, 0.4) is 0 Å². The van der Waals surface area contributed by atoms with Gasteiger partial charge in [0.25, 0.3) is 5.91 Å². The number of carbonyl (C=O) groups is 10. The number of carboxylic acid groups (broad SMARTS) is 1. The van der Waals surface area contributed by atoms with E-state index in [2.05, 4.69) is 42.5 Å². The van der Waals surface area contributed by atoms with Crippen molar-refractivity contribution in [2.75, 3.05) is 30.3 Å². The Morgan fingerprint density at radius 1 is 0.829 bits per heavy atom. The number of nitrogens with zero attached hydrogens (tertiary/aromatic N) is 2. The molecule has 0 radical (unpaired) electrons. The fourth-order valence-corrected chi connectivity index (χ4v) is 7.48. The first-order chi connectivity index (χ1) is 32.9. The minimum Gasteiger partial charge on any atom is -0.504 e. The highest BCUT2D eigenvalue weighted by Crippen LogP contribution is 2.39. The Hall–Kier alpha value is -7.43. The van der Waals surface area contributed by atoms with Crippen molar-refractivity contribution in [3.05, 3.63) is 28.4 Å². The largest absolute Gasteiger partial charge is 0.504 e. The number of phenols is 1. The van der Waals surface area contributed by atoms with Crippen LogP contribution in [0.25, 0.3) is 11.3 Å². The van der Waals surface area contributed by atoms with E-state index in [1.165, 1.54) is 23.6 Å². The number of nitrogens with one attached hydrogen (secondary N) is 8. The summed E-state index contributed by atoms with van der Waals surface area (Å²) in [7, 11) is 0. The van der Waals surface area contributed by atoms with Crippen LogP contribution in [0, 0.1) is 0 Å². The number of carbonyl (C=O) groups excluding carboxylic acids is 9. The molecule has 0 aromatic rings. The standard InChI is InChI=1S/C42H60N12O16/c1-18(35(61)50-23-8-6-14-53(70)41(23)67)47-39(65)31(20(3)55)51-36(62)19(2)48-40(66)32(33(60)42(68)69)52-37(63)22(43)7-4-5-12-46-38(64)25-11-13-45-34-24(49-30(59)10-9-29(44)58)15-21-16-27(56)28(57)17-26(21)54(25)34/h15-20,22-23,25,31-33,45,55-56,60,70H,4-14,43H2,1-3H3,(H2,44,58)(H,46,64)(H,47,65)(H,48,66)(H,49,59)(H,50,61)(H,51,62)(H,52,63)(H,68,69). The second-order valence-corrected chi connectivity index (χ2v) is 16.9. The molecule has 70 heavy (non-hydrogen) atoms. The molecule has 28 nitrogen and oxygen atoms in total. The van der Waals surface area contributed by atoms with Crippen molar-refractivity contribution < 1.29 is 73.6 Å². The summed E-state index contributed by atoms with van der Waals surface area (Å²) in [5.74, 6) is -10.1. The number of piperidine rings is 1. The number of pyridine rings is 1. The van der Waals surface area contributed by atoms with E-state index in [0.717, 1.165) is 19.9 Å². The Kier molecular flexibility index (Phi) is 19.5. The van der Waals surface area contributed by atoms with Gasteiger partial charge in [-0.1, -0.05) is 0 Å². The maximum atomic E-state index is 13.6. The second kappa shape index (κ2) is 24.7.